The highest BCUT2D eigenvalue weighted by molar-refractivity contribution is 9.11. The zero-order chi connectivity index (χ0) is 16.3. The molecule has 22 heavy (non-hydrogen) atoms. The van der Waals surface area contributed by atoms with E-state index in [2.05, 4.69) is 37.2 Å². The van der Waals surface area contributed by atoms with Crippen molar-refractivity contribution >= 4 is 66.7 Å². The number of anilines is 1. The van der Waals surface area contributed by atoms with Gasteiger partial charge in [-0.15, -0.1) is 0 Å². The van der Waals surface area contributed by atoms with E-state index in [0.717, 1.165) is 8.95 Å². The van der Waals surface area contributed by atoms with E-state index in [1.54, 1.807) is 31.2 Å². The smallest absolute Gasteiger partial charge is 0.265 e. The van der Waals surface area contributed by atoms with Crippen LogP contribution in [0.5, 0.6) is 5.75 Å². The van der Waals surface area contributed by atoms with Crippen molar-refractivity contribution in [1.29, 1.82) is 0 Å². The van der Waals surface area contributed by atoms with Gasteiger partial charge in [0.2, 0.25) is 0 Å². The Labute approximate surface area is 155 Å². The maximum absolute atomic E-state index is 12.2. The zero-order valence-corrected chi connectivity index (χ0v) is 16.1. The molecule has 7 heteroatoms. The second-order valence-electron chi connectivity index (χ2n) is 4.45. The largest absolute Gasteiger partial charge is 0.480 e. The number of carbonyl (C=O) groups is 1. The molecule has 0 spiro atoms. The summed E-state index contributed by atoms with van der Waals surface area (Å²) in [5.74, 6) is 0.252. The molecule has 0 unspecified atom stereocenters. The van der Waals surface area contributed by atoms with Crippen molar-refractivity contribution in [3.63, 3.8) is 0 Å². The van der Waals surface area contributed by atoms with Crippen molar-refractivity contribution in [2.75, 3.05) is 5.32 Å². The molecule has 0 saturated carbocycles. The fourth-order valence-electron chi connectivity index (χ4n) is 1.64. The lowest BCUT2D eigenvalue weighted by Gasteiger charge is -2.16. The zero-order valence-electron chi connectivity index (χ0n) is 11.4. The Kier molecular flexibility index (Phi) is 6.15. The standard InChI is InChI=1S/C15H11Br2Cl2NO2/c1-8(22-14-5-2-9(16)6-11(14)17)15(21)20-13-7-10(18)3-4-12(13)19/h2-8H,1H3,(H,20,21)/t8-/m1/s1. The minimum atomic E-state index is -0.701. The fraction of sp³-hybridized carbons (Fsp3) is 0.133. The lowest BCUT2D eigenvalue weighted by atomic mass is 10.3. The van der Waals surface area contributed by atoms with Crippen LogP contribution in [0.4, 0.5) is 5.69 Å². The molecule has 1 amide bonds. The molecule has 2 aromatic carbocycles. The monoisotopic (exact) mass is 465 g/mol. The summed E-state index contributed by atoms with van der Waals surface area (Å²) in [6.07, 6.45) is -0.701. The summed E-state index contributed by atoms with van der Waals surface area (Å²) < 4.78 is 7.31. The van der Waals surface area contributed by atoms with Gasteiger partial charge in [0, 0.05) is 9.50 Å². The maximum atomic E-state index is 12.2. The minimum absolute atomic E-state index is 0.320. The fourth-order valence-corrected chi connectivity index (χ4v) is 3.12. The van der Waals surface area contributed by atoms with Gasteiger partial charge in [-0.25, -0.2) is 0 Å². The van der Waals surface area contributed by atoms with E-state index in [1.807, 2.05) is 12.1 Å². The van der Waals surface area contributed by atoms with Gasteiger partial charge in [0.25, 0.3) is 5.91 Å². The average molecular weight is 468 g/mol. The van der Waals surface area contributed by atoms with E-state index in [1.165, 1.54) is 0 Å². The molecule has 0 radical (unpaired) electrons. The van der Waals surface area contributed by atoms with Crippen molar-refractivity contribution in [2.24, 2.45) is 0 Å². The molecule has 3 nitrogen and oxygen atoms in total. The highest BCUT2D eigenvalue weighted by atomic mass is 79.9. The molecule has 0 aliphatic carbocycles. The number of benzene rings is 2. The Morgan fingerprint density at radius 3 is 2.59 bits per heavy atom. The van der Waals surface area contributed by atoms with E-state index >= 15 is 0 Å². The average Bonchev–Trinajstić information content (AvgIpc) is 2.45. The number of amides is 1. The van der Waals surface area contributed by atoms with Gasteiger partial charge < -0.3 is 10.1 Å². The molecule has 0 aromatic heterocycles. The Morgan fingerprint density at radius 1 is 1.18 bits per heavy atom. The predicted octanol–water partition coefficient (Wildman–Crippen LogP) is 5.92. The van der Waals surface area contributed by atoms with Gasteiger partial charge in [-0.1, -0.05) is 39.1 Å². The van der Waals surface area contributed by atoms with Gasteiger partial charge in [0.05, 0.1) is 15.2 Å². The Morgan fingerprint density at radius 2 is 1.91 bits per heavy atom. The predicted molar refractivity (Wildman–Crippen MR) is 97.0 cm³/mol. The lowest BCUT2D eigenvalue weighted by Crippen LogP contribution is -2.30. The first-order valence-electron chi connectivity index (χ1n) is 6.24. The molecule has 0 heterocycles. The first kappa shape index (κ1) is 17.6. The summed E-state index contributed by atoms with van der Waals surface area (Å²) in [5, 5.41) is 3.60. The quantitative estimate of drug-likeness (QED) is 0.605. The SMILES string of the molecule is C[C@@H](Oc1ccc(Br)cc1Br)C(=O)Nc1cc(Cl)ccc1Cl. The van der Waals surface area contributed by atoms with Crippen LogP contribution in [-0.2, 0) is 4.79 Å². The molecule has 116 valence electrons. The molecule has 0 aliphatic rings. The summed E-state index contributed by atoms with van der Waals surface area (Å²) in [5.41, 5.74) is 0.449. The van der Waals surface area contributed by atoms with E-state index in [0.29, 0.717) is 21.5 Å². The van der Waals surface area contributed by atoms with Crippen LogP contribution in [0.1, 0.15) is 6.92 Å². The second-order valence-corrected chi connectivity index (χ2v) is 7.06. The Balaban J connectivity index is 2.07. The third kappa shape index (κ3) is 4.62. The van der Waals surface area contributed by atoms with Crippen LogP contribution in [0.2, 0.25) is 10.0 Å². The van der Waals surface area contributed by atoms with Crippen LogP contribution >= 0.6 is 55.1 Å². The summed E-state index contributed by atoms with van der Waals surface area (Å²) >= 11 is 18.7. The normalized spacial score (nSPS) is 11.9. The third-order valence-electron chi connectivity index (χ3n) is 2.75. The van der Waals surface area contributed by atoms with Crippen LogP contribution < -0.4 is 10.1 Å². The van der Waals surface area contributed by atoms with Gasteiger partial charge in [0.1, 0.15) is 5.75 Å². The van der Waals surface area contributed by atoms with Crippen LogP contribution in [0, 0.1) is 0 Å². The number of ether oxygens (including phenoxy) is 1. The minimum Gasteiger partial charge on any atom is -0.480 e. The Bertz CT molecular complexity index is 710. The third-order valence-corrected chi connectivity index (χ3v) is 4.43. The number of hydrogen-bond acceptors (Lipinski definition) is 2. The van der Waals surface area contributed by atoms with Crippen LogP contribution in [0.15, 0.2) is 45.3 Å². The number of hydrogen-bond donors (Lipinski definition) is 1. The van der Waals surface area contributed by atoms with Crippen molar-refractivity contribution in [3.8, 4) is 5.75 Å². The molecule has 0 aliphatic heterocycles. The summed E-state index contributed by atoms with van der Waals surface area (Å²) in [6, 6.07) is 10.3. The Hall–Kier alpha value is -0.750. The molecular formula is C15H11Br2Cl2NO2. The van der Waals surface area contributed by atoms with Crippen LogP contribution in [0.25, 0.3) is 0 Å². The van der Waals surface area contributed by atoms with Gasteiger partial charge in [-0.05, 0) is 59.3 Å². The lowest BCUT2D eigenvalue weighted by molar-refractivity contribution is -0.122. The van der Waals surface area contributed by atoms with Crippen LogP contribution in [-0.4, -0.2) is 12.0 Å². The summed E-state index contributed by atoms with van der Waals surface area (Å²) in [7, 11) is 0. The molecule has 2 rings (SSSR count). The number of nitrogens with one attached hydrogen (secondary N) is 1. The van der Waals surface area contributed by atoms with Crippen LogP contribution in [0.3, 0.4) is 0 Å². The first-order valence-corrected chi connectivity index (χ1v) is 8.58. The molecule has 0 saturated heterocycles. The molecule has 1 atom stereocenters. The summed E-state index contributed by atoms with van der Waals surface area (Å²) in [6.45, 7) is 1.66. The van der Waals surface area contributed by atoms with E-state index in [9.17, 15) is 4.79 Å². The van der Waals surface area contributed by atoms with Gasteiger partial charge in [0.15, 0.2) is 6.10 Å². The molecule has 0 fully saturated rings. The molecule has 0 bridgehead atoms. The molecule has 2 aromatic rings. The summed E-state index contributed by atoms with van der Waals surface area (Å²) in [4.78, 5) is 12.2. The highest BCUT2D eigenvalue weighted by Crippen LogP contribution is 2.29. The van der Waals surface area contributed by atoms with Crippen molar-refractivity contribution < 1.29 is 9.53 Å². The maximum Gasteiger partial charge on any atom is 0.265 e. The highest BCUT2D eigenvalue weighted by Gasteiger charge is 2.17. The van der Waals surface area contributed by atoms with E-state index in [4.69, 9.17) is 27.9 Å². The topological polar surface area (TPSA) is 38.3 Å². The van der Waals surface area contributed by atoms with Gasteiger partial charge >= 0.3 is 0 Å². The van der Waals surface area contributed by atoms with E-state index in [-0.39, 0.29) is 5.91 Å². The molecule has 1 N–H and O–H groups in total. The van der Waals surface area contributed by atoms with Gasteiger partial charge in [-0.3, -0.25) is 4.79 Å². The number of carbonyl (C=O) groups excluding carboxylic acids is 1. The van der Waals surface area contributed by atoms with Gasteiger partial charge in [-0.2, -0.15) is 0 Å². The molecular weight excluding hydrogens is 457 g/mol. The first-order chi connectivity index (χ1) is 10.4. The number of halogens is 4. The van der Waals surface area contributed by atoms with Crippen molar-refractivity contribution in [3.05, 3.63) is 55.4 Å². The van der Waals surface area contributed by atoms with E-state index < -0.39 is 6.10 Å². The van der Waals surface area contributed by atoms with Crippen molar-refractivity contribution in [2.45, 2.75) is 13.0 Å². The number of rotatable bonds is 4. The second kappa shape index (κ2) is 7.68. The van der Waals surface area contributed by atoms with Crippen molar-refractivity contribution in [1.82, 2.24) is 0 Å².